The second-order valence-electron chi connectivity index (χ2n) is 7.70. The Balaban J connectivity index is 0.00000432. The molecule has 1 aromatic carbocycles. The average molecular weight is 540 g/mol. The van der Waals surface area contributed by atoms with Crippen molar-refractivity contribution in [1.29, 1.82) is 0 Å². The lowest BCUT2D eigenvalue weighted by atomic mass is 10.0. The Morgan fingerprint density at radius 3 is 2.37 bits per heavy atom. The van der Waals surface area contributed by atoms with Crippen LogP contribution < -0.4 is 5.32 Å². The molecule has 1 aromatic heterocycles. The number of amides is 1. The van der Waals surface area contributed by atoms with Crippen LogP contribution in [-0.4, -0.2) is 62.8 Å². The van der Waals surface area contributed by atoms with Crippen LogP contribution in [0, 0.1) is 0 Å². The van der Waals surface area contributed by atoms with Crippen molar-refractivity contribution in [1.82, 2.24) is 9.21 Å². The number of fused-ring (bicyclic) bond motifs is 1. The molecule has 0 unspecified atom stereocenters. The van der Waals surface area contributed by atoms with Crippen molar-refractivity contribution in [3.8, 4) is 0 Å². The summed E-state index contributed by atoms with van der Waals surface area (Å²) < 4.78 is 32.0. The highest BCUT2D eigenvalue weighted by molar-refractivity contribution is 7.89. The molecule has 0 bridgehead atoms. The number of anilines is 1. The van der Waals surface area contributed by atoms with Gasteiger partial charge in [0, 0.05) is 36.6 Å². The van der Waals surface area contributed by atoms with Crippen LogP contribution in [0.15, 0.2) is 54.5 Å². The molecule has 0 saturated carbocycles. The van der Waals surface area contributed by atoms with E-state index in [4.69, 9.17) is 4.74 Å². The molecule has 2 aromatic rings. The van der Waals surface area contributed by atoms with Gasteiger partial charge >= 0.3 is 5.97 Å². The van der Waals surface area contributed by atoms with Gasteiger partial charge in [-0.25, -0.2) is 13.2 Å². The molecule has 1 aliphatic heterocycles. The summed E-state index contributed by atoms with van der Waals surface area (Å²) in [7, 11) is -2.44. The van der Waals surface area contributed by atoms with E-state index in [0.717, 1.165) is 30.1 Å². The fourth-order valence-electron chi connectivity index (χ4n) is 3.79. The fraction of sp³-hybridized carbons (Fsp3) is 0.333. The smallest absolute Gasteiger partial charge is 0.341 e. The number of esters is 1. The van der Waals surface area contributed by atoms with Crippen molar-refractivity contribution in [2.24, 2.45) is 0 Å². The summed E-state index contributed by atoms with van der Waals surface area (Å²) in [5.41, 5.74) is 1.59. The van der Waals surface area contributed by atoms with E-state index in [1.165, 1.54) is 59.2 Å². The molecule has 0 fully saturated rings. The van der Waals surface area contributed by atoms with Gasteiger partial charge in [0.15, 0.2) is 0 Å². The van der Waals surface area contributed by atoms with Gasteiger partial charge in [-0.2, -0.15) is 4.31 Å². The molecule has 1 aliphatic rings. The van der Waals surface area contributed by atoms with Crippen molar-refractivity contribution in [3.05, 3.63) is 71.1 Å². The van der Waals surface area contributed by atoms with Crippen molar-refractivity contribution in [3.63, 3.8) is 0 Å². The average Bonchev–Trinajstić information content (AvgIpc) is 3.20. The van der Waals surface area contributed by atoms with E-state index >= 15 is 0 Å². The Morgan fingerprint density at radius 2 is 1.83 bits per heavy atom. The predicted octanol–water partition coefficient (Wildman–Crippen LogP) is 3.95. The zero-order valence-corrected chi connectivity index (χ0v) is 22.2. The normalized spacial score (nSPS) is 13.5. The molecule has 0 aliphatic carbocycles. The number of carbonyl (C=O) groups excluding carboxylic acids is 2. The third-order valence-corrected chi connectivity index (χ3v) is 8.60. The van der Waals surface area contributed by atoms with E-state index in [0.29, 0.717) is 17.0 Å². The van der Waals surface area contributed by atoms with Crippen molar-refractivity contribution in [2.45, 2.75) is 24.8 Å². The highest BCUT2D eigenvalue weighted by atomic mass is 35.5. The molecular formula is C24H30ClN3O5S2. The van der Waals surface area contributed by atoms with Crippen molar-refractivity contribution < 1.29 is 22.7 Å². The summed E-state index contributed by atoms with van der Waals surface area (Å²) in [4.78, 5) is 28.8. The first kappa shape index (κ1) is 28.7. The zero-order chi connectivity index (χ0) is 24.9. The lowest BCUT2D eigenvalue weighted by molar-refractivity contribution is 0.0600. The van der Waals surface area contributed by atoms with Crippen LogP contribution in [0.4, 0.5) is 5.00 Å². The van der Waals surface area contributed by atoms with Gasteiger partial charge in [0.2, 0.25) is 10.0 Å². The van der Waals surface area contributed by atoms with Gasteiger partial charge in [0.05, 0.1) is 17.6 Å². The summed E-state index contributed by atoms with van der Waals surface area (Å²) in [5.74, 6) is -0.919. The molecule has 0 radical (unpaired) electrons. The second-order valence-corrected chi connectivity index (χ2v) is 10.7. The molecule has 190 valence electrons. The Kier molecular flexibility index (Phi) is 10.2. The number of hydrogen-bond donors (Lipinski definition) is 1. The molecule has 2 heterocycles. The number of thiophene rings is 1. The Hall–Kier alpha value is -2.50. The molecule has 35 heavy (non-hydrogen) atoms. The van der Waals surface area contributed by atoms with Crippen LogP contribution in [0.25, 0.3) is 0 Å². The van der Waals surface area contributed by atoms with Gasteiger partial charge in [-0.1, -0.05) is 19.1 Å². The Bertz CT molecular complexity index is 1180. The number of likely N-dealkylation sites (N-methyl/N-ethyl adjacent to an activating group) is 1. The van der Waals surface area contributed by atoms with E-state index in [9.17, 15) is 18.0 Å². The molecule has 11 heteroatoms. The molecule has 1 N–H and O–H groups in total. The number of benzene rings is 1. The minimum atomic E-state index is -3.76. The number of ether oxygens (including phenoxy) is 1. The van der Waals surface area contributed by atoms with Crippen LogP contribution in [0.5, 0.6) is 0 Å². The third-order valence-electron chi connectivity index (χ3n) is 5.62. The minimum absolute atomic E-state index is 0. The van der Waals surface area contributed by atoms with Gasteiger partial charge in [-0.15, -0.1) is 36.9 Å². The Labute approximate surface area is 216 Å². The summed E-state index contributed by atoms with van der Waals surface area (Å²) in [6.07, 6.45) is 3.71. The molecule has 3 rings (SSSR count). The zero-order valence-electron chi connectivity index (χ0n) is 19.8. The highest BCUT2D eigenvalue weighted by Crippen LogP contribution is 2.37. The van der Waals surface area contributed by atoms with Crippen LogP contribution in [0.3, 0.4) is 0 Å². The number of nitrogens with one attached hydrogen (secondary N) is 1. The summed E-state index contributed by atoms with van der Waals surface area (Å²) >= 11 is 1.37. The molecule has 8 nitrogen and oxygen atoms in total. The maximum atomic E-state index is 13.0. The standard InChI is InChI=1S/C24H29N3O5S2.ClH/c1-5-13-27(14-6-2)34(30,31)18-10-8-17(9-11-18)22(28)25-23-21(24(29)32-4)19-12-15-26(7-3)16-20(19)33-23;/h5-6,8-11H,1-2,7,12-16H2,3-4H3,(H,25,28);1H. The van der Waals surface area contributed by atoms with E-state index < -0.39 is 21.9 Å². The van der Waals surface area contributed by atoms with Gasteiger partial charge in [-0.05, 0) is 42.8 Å². The highest BCUT2D eigenvalue weighted by Gasteiger charge is 2.29. The predicted molar refractivity (Wildman–Crippen MR) is 141 cm³/mol. The third kappa shape index (κ3) is 6.20. The van der Waals surface area contributed by atoms with E-state index in [1.807, 2.05) is 0 Å². The van der Waals surface area contributed by atoms with Gasteiger partial charge in [0.25, 0.3) is 5.91 Å². The maximum absolute atomic E-state index is 13.0. The summed E-state index contributed by atoms with van der Waals surface area (Å²) in [6.45, 7) is 12.0. The number of sulfonamides is 1. The molecule has 0 atom stereocenters. The first-order chi connectivity index (χ1) is 16.3. The van der Waals surface area contributed by atoms with Crippen LogP contribution in [0.1, 0.15) is 38.1 Å². The monoisotopic (exact) mass is 539 g/mol. The number of hydrogen-bond acceptors (Lipinski definition) is 7. The first-order valence-electron chi connectivity index (χ1n) is 10.8. The van der Waals surface area contributed by atoms with Crippen molar-refractivity contribution in [2.75, 3.05) is 38.6 Å². The lowest BCUT2D eigenvalue weighted by Gasteiger charge is -2.25. The number of rotatable bonds is 10. The second kappa shape index (κ2) is 12.5. The summed E-state index contributed by atoms with van der Waals surface area (Å²) in [5, 5.41) is 3.27. The summed E-state index contributed by atoms with van der Waals surface area (Å²) in [6, 6.07) is 5.69. The van der Waals surface area contributed by atoms with E-state index in [-0.39, 0.29) is 36.0 Å². The number of nitrogens with zero attached hydrogens (tertiary/aromatic N) is 2. The van der Waals surface area contributed by atoms with Crippen molar-refractivity contribution >= 4 is 50.6 Å². The van der Waals surface area contributed by atoms with Gasteiger partial charge < -0.3 is 10.1 Å². The van der Waals surface area contributed by atoms with Crippen LogP contribution >= 0.6 is 23.7 Å². The first-order valence-corrected chi connectivity index (χ1v) is 13.1. The number of methoxy groups -OCH3 is 1. The number of carbonyl (C=O) groups is 2. The molecule has 1 amide bonds. The maximum Gasteiger partial charge on any atom is 0.341 e. The number of halogens is 1. The van der Waals surface area contributed by atoms with Crippen LogP contribution in [0.2, 0.25) is 0 Å². The van der Waals surface area contributed by atoms with E-state index in [2.05, 4.69) is 30.3 Å². The topological polar surface area (TPSA) is 96.0 Å². The Morgan fingerprint density at radius 1 is 1.20 bits per heavy atom. The molecule has 0 spiro atoms. The fourth-order valence-corrected chi connectivity index (χ4v) is 6.45. The van der Waals surface area contributed by atoms with Gasteiger partial charge in [0.1, 0.15) is 5.00 Å². The van der Waals surface area contributed by atoms with Gasteiger partial charge in [-0.3, -0.25) is 9.69 Å². The van der Waals surface area contributed by atoms with E-state index in [1.54, 1.807) is 0 Å². The van der Waals surface area contributed by atoms with Crippen LogP contribution in [-0.2, 0) is 27.7 Å². The molecule has 0 saturated heterocycles. The quantitative estimate of drug-likeness (QED) is 0.363. The lowest BCUT2D eigenvalue weighted by Crippen LogP contribution is -2.31. The minimum Gasteiger partial charge on any atom is -0.465 e. The molecular weight excluding hydrogens is 510 g/mol. The largest absolute Gasteiger partial charge is 0.465 e. The SMILES string of the molecule is C=CCN(CC=C)S(=O)(=O)c1ccc(C(=O)Nc2sc3c(c2C(=O)OC)CCN(CC)C3)cc1.Cl.